The third-order valence-electron chi connectivity index (χ3n) is 4.78. The van der Waals surface area contributed by atoms with E-state index in [4.69, 9.17) is 9.15 Å². The van der Waals surface area contributed by atoms with Gasteiger partial charge in [0.05, 0.1) is 12.5 Å². The molecule has 0 radical (unpaired) electrons. The number of nitrogens with one attached hydrogen (secondary N) is 1. The number of hydrogen-bond donors (Lipinski definition) is 1. The van der Waals surface area contributed by atoms with Gasteiger partial charge in [0, 0.05) is 5.39 Å². The van der Waals surface area contributed by atoms with Crippen molar-refractivity contribution in [3.05, 3.63) is 84.1 Å². The lowest BCUT2D eigenvalue weighted by atomic mass is 10.1. The van der Waals surface area contributed by atoms with E-state index in [1.54, 1.807) is 0 Å². The van der Waals surface area contributed by atoms with Gasteiger partial charge >= 0.3 is 5.97 Å². The molecule has 4 rings (SSSR count). The minimum absolute atomic E-state index is 0.122. The highest BCUT2D eigenvalue weighted by Gasteiger charge is 2.15. The SMILES string of the molecule is C[C@H](NC(=O)COC(=O)Cc1ccc2ccccc2c1)c1cc2ccccc2o1. The van der Waals surface area contributed by atoms with Crippen LogP contribution in [0.3, 0.4) is 0 Å². The molecule has 0 aliphatic rings. The van der Waals surface area contributed by atoms with E-state index in [1.807, 2.05) is 79.7 Å². The Bertz CT molecular complexity index is 1140. The average molecular weight is 387 g/mol. The summed E-state index contributed by atoms with van der Waals surface area (Å²) in [6.07, 6.45) is 0.122. The molecule has 5 nitrogen and oxygen atoms in total. The number of rotatable bonds is 6. The molecule has 1 aromatic heterocycles. The van der Waals surface area contributed by atoms with Gasteiger partial charge in [-0.25, -0.2) is 0 Å². The molecule has 1 N–H and O–H groups in total. The number of carbonyl (C=O) groups excluding carboxylic acids is 2. The summed E-state index contributed by atoms with van der Waals surface area (Å²) in [6.45, 7) is 1.50. The maximum Gasteiger partial charge on any atom is 0.310 e. The van der Waals surface area contributed by atoms with Crippen LogP contribution in [0.2, 0.25) is 0 Å². The van der Waals surface area contributed by atoms with Crippen LogP contribution in [0.25, 0.3) is 21.7 Å². The zero-order chi connectivity index (χ0) is 20.2. The summed E-state index contributed by atoms with van der Waals surface area (Å²) in [7, 11) is 0. The molecule has 0 saturated heterocycles. The first-order valence-corrected chi connectivity index (χ1v) is 9.49. The highest BCUT2D eigenvalue weighted by atomic mass is 16.5. The van der Waals surface area contributed by atoms with Gasteiger partial charge in [-0.15, -0.1) is 0 Å². The molecule has 146 valence electrons. The van der Waals surface area contributed by atoms with Gasteiger partial charge in [0.2, 0.25) is 0 Å². The monoisotopic (exact) mass is 387 g/mol. The van der Waals surface area contributed by atoms with Crippen molar-refractivity contribution in [3.63, 3.8) is 0 Å². The molecule has 0 aliphatic carbocycles. The van der Waals surface area contributed by atoms with E-state index in [1.165, 1.54) is 0 Å². The number of carbonyl (C=O) groups is 2. The maximum atomic E-state index is 12.1. The summed E-state index contributed by atoms with van der Waals surface area (Å²) < 4.78 is 10.9. The molecule has 1 amide bonds. The predicted molar refractivity (Wildman–Crippen MR) is 111 cm³/mol. The lowest BCUT2D eigenvalue weighted by Gasteiger charge is -2.11. The van der Waals surface area contributed by atoms with Gasteiger partial charge in [-0.2, -0.15) is 0 Å². The summed E-state index contributed by atoms with van der Waals surface area (Å²) in [6, 6.07) is 23.0. The first-order chi connectivity index (χ1) is 14.1. The number of esters is 1. The number of furan rings is 1. The second-order valence-corrected chi connectivity index (χ2v) is 6.99. The van der Waals surface area contributed by atoms with Crippen molar-refractivity contribution < 1.29 is 18.7 Å². The van der Waals surface area contributed by atoms with Gasteiger partial charge < -0.3 is 14.5 Å². The molecule has 1 heterocycles. The zero-order valence-electron chi connectivity index (χ0n) is 16.1. The number of benzene rings is 3. The van der Waals surface area contributed by atoms with Crippen LogP contribution in [-0.4, -0.2) is 18.5 Å². The minimum atomic E-state index is -0.438. The summed E-state index contributed by atoms with van der Waals surface area (Å²) in [5.41, 5.74) is 1.62. The Morgan fingerprint density at radius 3 is 2.45 bits per heavy atom. The number of para-hydroxylation sites is 1. The minimum Gasteiger partial charge on any atom is -0.459 e. The summed E-state index contributed by atoms with van der Waals surface area (Å²) in [5.74, 6) is -0.154. The molecule has 0 bridgehead atoms. The highest BCUT2D eigenvalue weighted by molar-refractivity contribution is 5.85. The van der Waals surface area contributed by atoms with Crippen LogP contribution in [-0.2, 0) is 20.7 Å². The van der Waals surface area contributed by atoms with Gasteiger partial charge in [-0.05, 0) is 35.4 Å². The fourth-order valence-electron chi connectivity index (χ4n) is 3.28. The topological polar surface area (TPSA) is 68.5 Å². The first-order valence-electron chi connectivity index (χ1n) is 9.49. The van der Waals surface area contributed by atoms with Crippen LogP contribution in [0.5, 0.6) is 0 Å². The molecule has 0 saturated carbocycles. The van der Waals surface area contributed by atoms with Crippen LogP contribution >= 0.6 is 0 Å². The Hall–Kier alpha value is -3.60. The lowest BCUT2D eigenvalue weighted by Crippen LogP contribution is -2.31. The van der Waals surface area contributed by atoms with Crippen molar-refractivity contribution in [1.82, 2.24) is 5.32 Å². The van der Waals surface area contributed by atoms with E-state index in [0.717, 1.165) is 27.3 Å². The van der Waals surface area contributed by atoms with Crippen LogP contribution in [0.4, 0.5) is 0 Å². The van der Waals surface area contributed by atoms with Gasteiger partial charge in [-0.1, -0.05) is 60.7 Å². The van der Waals surface area contributed by atoms with E-state index >= 15 is 0 Å². The van der Waals surface area contributed by atoms with E-state index in [0.29, 0.717) is 5.76 Å². The molecule has 0 fully saturated rings. The normalized spacial score (nSPS) is 12.0. The second-order valence-electron chi connectivity index (χ2n) is 6.99. The number of hydrogen-bond acceptors (Lipinski definition) is 4. The lowest BCUT2D eigenvalue weighted by molar-refractivity contribution is -0.148. The quantitative estimate of drug-likeness (QED) is 0.493. The van der Waals surface area contributed by atoms with Crippen LogP contribution < -0.4 is 5.32 Å². The number of ether oxygens (including phenoxy) is 1. The Labute approximate surface area is 168 Å². The van der Waals surface area contributed by atoms with Crippen molar-refractivity contribution >= 4 is 33.6 Å². The van der Waals surface area contributed by atoms with E-state index in [9.17, 15) is 9.59 Å². The molecule has 0 aliphatic heterocycles. The van der Waals surface area contributed by atoms with Crippen molar-refractivity contribution in [2.24, 2.45) is 0 Å². The Morgan fingerprint density at radius 1 is 0.931 bits per heavy atom. The molecule has 3 aromatic carbocycles. The molecule has 0 unspecified atom stereocenters. The molecule has 5 heteroatoms. The van der Waals surface area contributed by atoms with Gasteiger partial charge in [-0.3, -0.25) is 9.59 Å². The molecular weight excluding hydrogens is 366 g/mol. The smallest absolute Gasteiger partial charge is 0.310 e. The molecule has 4 aromatic rings. The van der Waals surface area contributed by atoms with Gasteiger partial charge in [0.1, 0.15) is 11.3 Å². The van der Waals surface area contributed by atoms with Crippen LogP contribution in [0, 0.1) is 0 Å². The van der Waals surface area contributed by atoms with Gasteiger partial charge in [0.15, 0.2) is 6.61 Å². The molecular formula is C24H21NO4. The largest absolute Gasteiger partial charge is 0.459 e. The predicted octanol–water partition coefficient (Wildman–Crippen LogP) is 4.55. The van der Waals surface area contributed by atoms with E-state index < -0.39 is 5.97 Å². The number of fused-ring (bicyclic) bond motifs is 2. The second kappa shape index (κ2) is 8.19. The van der Waals surface area contributed by atoms with Crippen molar-refractivity contribution in [2.75, 3.05) is 6.61 Å². The Kier molecular flexibility index (Phi) is 5.29. The fraction of sp³-hybridized carbons (Fsp3) is 0.167. The van der Waals surface area contributed by atoms with Crippen LogP contribution in [0.15, 0.2) is 77.2 Å². The summed E-state index contributed by atoms with van der Waals surface area (Å²) in [5, 5.41) is 5.95. The fourth-order valence-corrected chi connectivity index (χ4v) is 3.28. The standard InChI is InChI=1S/C24H21NO4/c1-16(22-14-20-8-4-5-9-21(20)29-22)25-23(26)15-28-24(27)13-17-10-11-18-6-2-3-7-19(18)12-17/h2-12,14,16H,13,15H2,1H3,(H,25,26)/t16-/m0/s1. The van der Waals surface area contributed by atoms with E-state index in [2.05, 4.69) is 5.32 Å². The van der Waals surface area contributed by atoms with E-state index in [-0.39, 0.29) is 25.0 Å². The Balaban J connectivity index is 1.29. The zero-order valence-corrected chi connectivity index (χ0v) is 16.1. The third kappa shape index (κ3) is 4.46. The third-order valence-corrected chi connectivity index (χ3v) is 4.78. The van der Waals surface area contributed by atoms with Crippen LogP contribution in [0.1, 0.15) is 24.3 Å². The van der Waals surface area contributed by atoms with Gasteiger partial charge in [0.25, 0.3) is 5.91 Å². The summed E-state index contributed by atoms with van der Waals surface area (Å²) in [4.78, 5) is 24.2. The van der Waals surface area contributed by atoms with Crippen molar-refractivity contribution in [2.45, 2.75) is 19.4 Å². The molecule has 1 atom stereocenters. The average Bonchev–Trinajstić information content (AvgIpc) is 3.17. The Morgan fingerprint density at radius 2 is 1.66 bits per heavy atom. The molecule has 29 heavy (non-hydrogen) atoms. The van der Waals surface area contributed by atoms with Crippen molar-refractivity contribution in [1.29, 1.82) is 0 Å². The molecule has 0 spiro atoms. The first kappa shape index (κ1) is 18.7. The van der Waals surface area contributed by atoms with Crippen molar-refractivity contribution in [3.8, 4) is 0 Å². The highest BCUT2D eigenvalue weighted by Crippen LogP contribution is 2.23. The summed E-state index contributed by atoms with van der Waals surface area (Å²) >= 11 is 0. The maximum absolute atomic E-state index is 12.1. The number of amides is 1.